The number of aryl methyl sites for hydroxylation is 2. The average molecular weight is 292 g/mol. The quantitative estimate of drug-likeness (QED) is 0.581. The molecule has 2 aromatic heterocycles. The van der Waals surface area contributed by atoms with Gasteiger partial charge in [0.2, 0.25) is 0 Å². The summed E-state index contributed by atoms with van der Waals surface area (Å²) in [6.07, 6.45) is 5.45. The lowest BCUT2D eigenvalue weighted by molar-refractivity contribution is 0.130. The molecule has 0 saturated heterocycles. The molecule has 2 heterocycles. The summed E-state index contributed by atoms with van der Waals surface area (Å²) in [5, 5.41) is 6.89. The van der Waals surface area contributed by atoms with Crippen LogP contribution in [-0.4, -0.2) is 34.8 Å². The number of rotatable bonds is 8. The van der Waals surface area contributed by atoms with E-state index < -0.39 is 8.07 Å². The maximum atomic E-state index is 5.71. The van der Waals surface area contributed by atoms with Crippen LogP contribution in [0.15, 0.2) is 18.5 Å². The van der Waals surface area contributed by atoms with Gasteiger partial charge in [-0.3, -0.25) is 5.10 Å². The number of aromatic nitrogens is 4. The van der Waals surface area contributed by atoms with Crippen LogP contribution in [0.3, 0.4) is 0 Å². The maximum absolute atomic E-state index is 5.71. The highest BCUT2D eigenvalue weighted by Crippen LogP contribution is 2.09. The van der Waals surface area contributed by atoms with E-state index >= 15 is 0 Å². The first-order valence-corrected chi connectivity index (χ1v) is 10.8. The fourth-order valence-corrected chi connectivity index (χ4v) is 2.60. The lowest BCUT2D eigenvalue weighted by atomic mass is 10.2. The standard InChI is InChI=1S/C14H24N4OSi/c1-20(2,3)9-8-19-11-13-10-15-14(17-13)5-4-12-6-7-16-18-12/h6-7,10H,4-5,8-9,11H2,1-3H3,(H,15,17)(H,16,18). The van der Waals surface area contributed by atoms with Crippen LogP contribution in [0.2, 0.25) is 25.7 Å². The monoisotopic (exact) mass is 292 g/mol. The first-order valence-electron chi connectivity index (χ1n) is 7.12. The van der Waals surface area contributed by atoms with Gasteiger partial charge in [0.05, 0.1) is 18.5 Å². The van der Waals surface area contributed by atoms with Gasteiger partial charge < -0.3 is 9.72 Å². The molecule has 6 heteroatoms. The highest BCUT2D eigenvalue weighted by molar-refractivity contribution is 6.76. The van der Waals surface area contributed by atoms with Gasteiger partial charge in [0.1, 0.15) is 5.82 Å². The fraction of sp³-hybridized carbons (Fsp3) is 0.571. The maximum Gasteiger partial charge on any atom is 0.106 e. The van der Waals surface area contributed by atoms with Crippen LogP contribution < -0.4 is 0 Å². The van der Waals surface area contributed by atoms with E-state index in [1.54, 1.807) is 6.20 Å². The Morgan fingerprint density at radius 3 is 2.75 bits per heavy atom. The number of nitrogens with one attached hydrogen (secondary N) is 2. The van der Waals surface area contributed by atoms with Crippen molar-refractivity contribution in [1.29, 1.82) is 0 Å². The van der Waals surface area contributed by atoms with Crippen LogP contribution in [-0.2, 0) is 24.2 Å². The molecule has 2 aromatic rings. The van der Waals surface area contributed by atoms with Crippen LogP contribution in [0, 0.1) is 0 Å². The zero-order valence-corrected chi connectivity index (χ0v) is 13.6. The zero-order chi connectivity index (χ0) is 14.4. The van der Waals surface area contributed by atoms with Crippen molar-refractivity contribution in [2.45, 2.75) is 45.1 Å². The molecule has 0 saturated carbocycles. The Morgan fingerprint density at radius 2 is 2.05 bits per heavy atom. The molecule has 0 aliphatic rings. The normalized spacial score (nSPS) is 11.9. The number of aromatic amines is 2. The molecule has 0 unspecified atom stereocenters. The second-order valence-corrected chi connectivity index (χ2v) is 11.9. The number of ether oxygens (including phenoxy) is 1. The zero-order valence-electron chi connectivity index (χ0n) is 12.6. The van der Waals surface area contributed by atoms with E-state index in [9.17, 15) is 0 Å². The van der Waals surface area contributed by atoms with Gasteiger partial charge in [0.15, 0.2) is 0 Å². The van der Waals surface area contributed by atoms with Gasteiger partial charge in [0.25, 0.3) is 0 Å². The van der Waals surface area contributed by atoms with E-state index in [0.717, 1.165) is 36.7 Å². The Hall–Kier alpha value is -1.40. The molecule has 0 radical (unpaired) electrons. The van der Waals surface area contributed by atoms with Gasteiger partial charge >= 0.3 is 0 Å². The number of hydrogen-bond acceptors (Lipinski definition) is 3. The number of imidazole rings is 1. The van der Waals surface area contributed by atoms with Crippen molar-refractivity contribution in [1.82, 2.24) is 20.2 Å². The third-order valence-corrected chi connectivity index (χ3v) is 4.83. The Kier molecular flexibility index (Phi) is 5.14. The van der Waals surface area contributed by atoms with Crippen LogP contribution in [0.25, 0.3) is 0 Å². The summed E-state index contributed by atoms with van der Waals surface area (Å²) >= 11 is 0. The van der Waals surface area contributed by atoms with Crippen molar-refractivity contribution in [3.63, 3.8) is 0 Å². The fourth-order valence-electron chi connectivity index (χ4n) is 1.84. The minimum absolute atomic E-state index is 0.627. The predicted molar refractivity (Wildman–Crippen MR) is 82.4 cm³/mol. The van der Waals surface area contributed by atoms with Crippen LogP contribution in [0.1, 0.15) is 17.2 Å². The van der Waals surface area contributed by atoms with Crippen LogP contribution in [0.4, 0.5) is 0 Å². The summed E-state index contributed by atoms with van der Waals surface area (Å²) in [5.74, 6) is 1.00. The summed E-state index contributed by atoms with van der Waals surface area (Å²) in [4.78, 5) is 7.70. The van der Waals surface area contributed by atoms with E-state index in [4.69, 9.17) is 4.74 Å². The van der Waals surface area contributed by atoms with Gasteiger partial charge in [-0.1, -0.05) is 19.6 Å². The first-order chi connectivity index (χ1) is 9.53. The molecule has 0 spiro atoms. The van der Waals surface area contributed by atoms with E-state index in [1.165, 1.54) is 6.04 Å². The highest BCUT2D eigenvalue weighted by Gasteiger charge is 2.12. The Morgan fingerprint density at radius 1 is 1.20 bits per heavy atom. The minimum Gasteiger partial charge on any atom is -0.375 e. The Balaban J connectivity index is 1.69. The van der Waals surface area contributed by atoms with Crippen molar-refractivity contribution in [3.05, 3.63) is 35.7 Å². The second kappa shape index (κ2) is 6.85. The molecule has 2 rings (SSSR count). The SMILES string of the molecule is C[Si](C)(C)CCOCc1cnc(CCc2ccn[nH]2)[nH]1. The van der Waals surface area contributed by atoms with Gasteiger partial charge in [-0.15, -0.1) is 0 Å². The molecular weight excluding hydrogens is 268 g/mol. The molecule has 0 aliphatic carbocycles. The lowest BCUT2D eigenvalue weighted by Gasteiger charge is -2.14. The van der Waals surface area contributed by atoms with E-state index in [-0.39, 0.29) is 0 Å². The number of H-pyrrole nitrogens is 2. The van der Waals surface area contributed by atoms with Gasteiger partial charge in [-0.25, -0.2) is 4.98 Å². The Labute approximate surface area is 121 Å². The van der Waals surface area contributed by atoms with E-state index in [0.29, 0.717) is 6.61 Å². The largest absolute Gasteiger partial charge is 0.375 e. The summed E-state index contributed by atoms with van der Waals surface area (Å²) in [7, 11) is -0.994. The Bertz CT molecular complexity index is 501. The third-order valence-electron chi connectivity index (χ3n) is 3.12. The molecule has 0 aliphatic heterocycles. The van der Waals surface area contributed by atoms with Crippen LogP contribution in [0.5, 0.6) is 0 Å². The van der Waals surface area contributed by atoms with E-state index in [2.05, 4.69) is 39.8 Å². The van der Waals surface area contributed by atoms with Crippen molar-refractivity contribution >= 4 is 8.07 Å². The van der Waals surface area contributed by atoms with Crippen molar-refractivity contribution in [3.8, 4) is 0 Å². The molecule has 5 nitrogen and oxygen atoms in total. The molecule has 0 bridgehead atoms. The van der Waals surface area contributed by atoms with Crippen molar-refractivity contribution in [2.24, 2.45) is 0 Å². The van der Waals surface area contributed by atoms with Gasteiger partial charge in [-0.05, 0) is 18.5 Å². The third kappa shape index (κ3) is 5.30. The number of nitrogens with zero attached hydrogens (tertiary/aromatic N) is 2. The van der Waals surface area contributed by atoms with Crippen molar-refractivity contribution in [2.75, 3.05) is 6.61 Å². The average Bonchev–Trinajstić information content (AvgIpc) is 3.02. The lowest BCUT2D eigenvalue weighted by Crippen LogP contribution is -2.21. The second-order valence-electron chi connectivity index (χ2n) is 6.30. The molecule has 20 heavy (non-hydrogen) atoms. The topological polar surface area (TPSA) is 66.6 Å². The highest BCUT2D eigenvalue weighted by atomic mass is 28.3. The summed E-state index contributed by atoms with van der Waals surface area (Å²) in [6, 6.07) is 3.19. The minimum atomic E-state index is -0.994. The van der Waals surface area contributed by atoms with Crippen LogP contribution >= 0.6 is 0 Å². The summed E-state index contributed by atoms with van der Waals surface area (Å²) in [6.45, 7) is 8.56. The molecule has 0 amide bonds. The van der Waals surface area contributed by atoms with Gasteiger partial charge in [0, 0.05) is 33.0 Å². The molecule has 110 valence electrons. The molecule has 0 atom stereocenters. The summed E-state index contributed by atoms with van der Waals surface area (Å²) < 4.78 is 5.71. The van der Waals surface area contributed by atoms with E-state index in [1.807, 2.05) is 12.3 Å². The van der Waals surface area contributed by atoms with Crippen molar-refractivity contribution < 1.29 is 4.74 Å². The molecule has 2 N–H and O–H groups in total. The molecule has 0 fully saturated rings. The summed E-state index contributed by atoms with van der Waals surface area (Å²) in [5.41, 5.74) is 2.19. The first kappa shape index (κ1) is 15.0. The molecular formula is C14H24N4OSi. The van der Waals surface area contributed by atoms with Gasteiger partial charge in [-0.2, -0.15) is 5.10 Å². The molecule has 0 aromatic carbocycles. The smallest absolute Gasteiger partial charge is 0.106 e. The number of hydrogen-bond donors (Lipinski definition) is 2. The predicted octanol–water partition coefficient (Wildman–Crippen LogP) is 2.77.